The molecule has 1 aliphatic carbocycles. The lowest BCUT2D eigenvalue weighted by molar-refractivity contribution is -0.166. The summed E-state index contributed by atoms with van der Waals surface area (Å²) in [6.45, 7) is 5.59. The molecule has 0 amide bonds. The number of carbonyl (C=O) groups excluding carboxylic acids is 2. The van der Waals surface area contributed by atoms with E-state index in [1.54, 1.807) is 0 Å². The van der Waals surface area contributed by atoms with Gasteiger partial charge >= 0.3 is 11.9 Å². The Kier molecular flexibility index (Phi) is 4.14. The van der Waals surface area contributed by atoms with Crippen LogP contribution in [0, 0.1) is 17.3 Å². The second-order valence-electron chi connectivity index (χ2n) is 8.89. The molecule has 0 N–H and O–H groups in total. The predicted octanol–water partition coefficient (Wildman–Crippen LogP) is 2.87. The number of methoxy groups -OCH3 is 1. The third-order valence-electron chi connectivity index (χ3n) is 7.96. The largest absolute Gasteiger partial charge is 0.468 e. The highest BCUT2D eigenvalue weighted by atomic mass is 16.5. The summed E-state index contributed by atoms with van der Waals surface area (Å²) in [4.78, 5) is 33.0. The second kappa shape index (κ2) is 6.39. The molecule has 2 bridgehead atoms. The van der Waals surface area contributed by atoms with Gasteiger partial charge in [0.1, 0.15) is 12.0 Å². The number of esters is 2. The van der Waals surface area contributed by atoms with E-state index in [2.05, 4.69) is 24.0 Å². The maximum atomic E-state index is 13.5. The molecule has 3 aliphatic heterocycles. The molecule has 1 aromatic rings. The topological polar surface area (TPSA) is 68.2 Å². The van der Waals surface area contributed by atoms with Crippen molar-refractivity contribution in [1.29, 1.82) is 0 Å². The van der Waals surface area contributed by atoms with Crippen molar-refractivity contribution in [2.45, 2.75) is 44.6 Å². The monoisotopic (exact) mass is 396 g/mol. The Morgan fingerprint density at radius 3 is 2.79 bits per heavy atom. The van der Waals surface area contributed by atoms with Crippen molar-refractivity contribution >= 4 is 23.3 Å². The number of rotatable bonds is 4. The summed E-state index contributed by atoms with van der Waals surface area (Å²) in [7, 11) is 1.43. The molecule has 5 rings (SSSR count). The fourth-order valence-corrected chi connectivity index (χ4v) is 7.07. The summed E-state index contributed by atoms with van der Waals surface area (Å²) >= 11 is 0. The van der Waals surface area contributed by atoms with E-state index >= 15 is 0 Å². The van der Waals surface area contributed by atoms with E-state index in [4.69, 9.17) is 14.5 Å². The minimum atomic E-state index is -1.02. The van der Waals surface area contributed by atoms with E-state index in [0.29, 0.717) is 12.0 Å². The van der Waals surface area contributed by atoms with Crippen LogP contribution in [0.15, 0.2) is 29.3 Å². The molecular weight excluding hydrogens is 368 g/mol. The maximum Gasteiger partial charge on any atom is 0.321 e. The van der Waals surface area contributed by atoms with Crippen LogP contribution in [0.5, 0.6) is 0 Å². The van der Waals surface area contributed by atoms with Gasteiger partial charge in [-0.1, -0.05) is 31.5 Å². The van der Waals surface area contributed by atoms with Gasteiger partial charge in [-0.15, -0.1) is 0 Å². The molecule has 4 aliphatic rings. The molecule has 1 spiro atoms. The van der Waals surface area contributed by atoms with Gasteiger partial charge < -0.3 is 9.47 Å². The van der Waals surface area contributed by atoms with Crippen LogP contribution in [0.4, 0.5) is 5.69 Å². The van der Waals surface area contributed by atoms with E-state index < -0.39 is 5.41 Å². The first-order valence-electron chi connectivity index (χ1n) is 10.7. The summed E-state index contributed by atoms with van der Waals surface area (Å²) in [6, 6.07) is 8.61. The number of benzene rings is 1. The molecule has 1 saturated carbocycles. The lowest BCUT2D eigenvalue weighted by Crippen LogP contribution is -2.70. The van der Waals surface area contributed by atoms with Gasteiger partial charge in [-0.3, -0.25) is 19.5 Å². The molecular formula is C23H28N2O4. The predicted molar refractivity (Wildman–Crippen MR) is 108 cm³/mol. The highest BCUT2D eigenvalue weighted by Gasteiger charge is 2.73. The summed E-state index contributed by atoms with van der Waals surface area (Å²) in [5, 5.41) is 0. The molecule has 1 aromatic carbocycles. The zero-order valence-electron chi connectivity index (χ0n) is 17.3. The van der Waals surface area contributed by atoms with E-state index in [9.17, 15) is 9.59 Å². The number of hydrogen-bond donors (Lipinski definition) is 0. The van der Waals surface area contributed by atoms with Gasteiger partial charge in [-0.2, -0.15) is 0 Å². The van der Waals surface area contributed by atoms with Crippen LogP contribution >= 0.6 is 0 Å². The molecule has 5 atom stereocenters. The van der Waals surface area contributed by atoms with Crippen molar-refractivity contribution < 1.29 is 19.1 Å². The van der Waals surface area contributed by atoms with Crippen molar-refractivity contribution in [2.75, 3.05) is 26.8 Å². The second-order valence-corrected chi connectivity index (χ2v) is 8.89. The number of fused-ring (bicyclic) bond motifs is 2. The average Bonchev–Trinajstić information content (AvgIpc) is 3.29. The quantitative estimate of drug-likeness (QED) is 0.732. The van der Waals surface area contributed by atoms with Crippen molar-refractivity contribution in [3.05, 3.63) is 29.8 Å². The van der Waals surface area contributed by atoms with Crippen LogP contribution in [0.2, 0.25) is 0 Å². The normalized spacial score (nSPS) is 36.8. The fraction of sp³-hybridized carbons (Fsp3) is 0.609. The number of carbonyl (C=O) groups is 2. The zero-order chi connectivity index (χ0) is 20.4. The zero-order valence-corrected chi connectivity index (χ0v) is 17.3. The molecule has 6 heteroatoms. The first-order chi connectivity index (χ1) is 14.0. The highest BCUT2D eigenvalue weighted by Crippen LogP contribution is 2.65. The Hall–Kier alpha value is -2.21. The SMILES string of the molecule is CC[C@@H]1C2N3CC[C@@H]1[C@](COC(C)=O)(C(=O)OC)C1=Nc4ccccc4[C@]12CC3. The van der Waals surface area contributed by atoms with E-state index in [0.717, 1.165) is 43.8 Å². The average molecular weight is 396 g/mol. The number of aliphatic imine (C=N–C) groups is 1. The van der Waals surface area contributed by atoms with Gasteiger partial charge in [-0.25, -0.2) is 0 Å². The Labute approximate surface area is 171 Å². The van der Waals surface area contributed by atoms with E-state index in [1.165, 1.54) is 19.6 Å². The Balaban J connectivity index is 1.79. The Bertz CT molecular complexity index is 912. The molecule has 3 heterocycles. The van der Waals surface area contributed by atoms with Crippen LogP contribution in [0.3, 0.4) is 0 Å². The third kappa shape index (κ3) is 2.18. The minimum Gasteiger partial charge on any atom is -0.468 e. The van der Waals surface area contributed by atoms with Gasteiger partial charge in [0.15, 0.2) is 0 Å². The van der Waals surface area contributed by atoms with Gasteiger partial charge in [0.05, 0.1) is 23.9 Å². The van der Waals surface area contributed by atoms with Crippen LogP contribution in [-0.2, 0) is 24.5 Å². The van der Waals surface area contributed by atoms with Crippen molar-refractivity contribution in [3.8, 4) is 0 Å². The van der Waals surface area contributed by atoms with E-state index in [1.807, 2.05) is 12.1 Å². The number of ether oxygens (including phenoxy) is 2. The summed E-state index contributed by atoms with van der Waals surface area (Å²) in [5.74, 6) is -0.310. The van der Waals surface area contributed by atoms with Crippen LogP contribution < -0.4 is 0 Å². The lowest BCUT2D eigenvalue weighted by atomic mass is 9.47. The van der Waals surface area contributed by atoms with Crippen LogP contribution in [0.1, 0.15) is 38.7 Å². The van der Waals surface area contributed by atoms with Crippen molar-refractivity contribution in [2.24, 2.45) is 22.2 Å². The summed E-state index contributed by atoms with van der Waals surface area (Å²) in [5.41, 5.74) is 1.72. The molecule has 154 valence electrons. The van der Waals surface area contributed by atoms with Crippen LogP contribution in [0.25, 0.3) is 0 Å². The van der Waals surface area contributed by atoms with E-state index in [-0.39, 0.29) is 29.9 Å². The highest BCUT2D eigenvalue weighted by molar-refractivity contribution is 6.17. The molecule has 6 nitrogen and oxygen atoms in total. The Morgan fingerprint density at radius 1 is 1.28 bits per heavy atom. The smallest absolute Gasteiger partial charge is 0.321 e. The standard InChI is InChI=1S/C23H28N2O4/c1-4-15-16-9-11-25-12-10-22(19(15)25)17-7-5-6-8-18(17)24-20(22)23(16,21(27)28-3)13-29-14(2)26/h5-8,15-16,19H,4,9-13H2,1-3H3/t15-,16-,19?,22-,23-/m0/s1. The fourth-order valence-electron chi connectivity index (χ4n) is 7.07. The first kappa shape index (κ1) is 18.8. The van der Waals surface area contributed by atoms with Gasteiger partial charge in [0.25, 0.3) is 0 Å². The third-order valence-corrected chi connectivity index (χ3v) is 7.96. The molecule has 3 fully saturated rings. The first-order valence-corrected chi connectivity index (χ1v) is 10.7. The number of piperidine rings is 1. The maximum absolute atomic E-state index is 13.5. The molecule has 1 unspecified atom stereocenters. The minimum absolute atomic E-state index is 0.0114. The van der Waals surface area contributed by atoms with Crippen LogP contribution in [-0.4, -0.2) is 55.4 Å². The van der Waals surface area contributed by atoms with Crippen molar-refractivity contribution in [1.82, 2.24) is 4.90 Å². The summed E-state index contributed by atoms with van der Waals surface area (Å²) < 4.78 is 11.0. The number of hydrogen-bond acceptors (Lipinski definition) is 6. The number of para-hydroxylation sites is 1. The lowest BCUT2D eigenvalue weighted by Gasteiger charge is -2.59. The molecule has 29 heavy (non-hydrogen) atoms. The molecule has 2 saturated heterocycles. The molecule has 0 radical (unpaired) electrons. The van der Waals surface area contributed by atoms with Gasteiger partial charge in [-0.05, 0) is 49.4 Å². The summed E-state index contributed by atoms with van der Waals surface area (Å²) in [6.07, 6.45) is 2.80. The van der Waals surface area contributed by atoms with Gasteiger partial charge in [0, 0.05) is 13.0 Å². The number of nitrogens with zero attached hydrogens (tertiary/aromatic N) is 2. The molecule has 0 aromatic heterocycles. The Morgan fingerprint density at radius 2 is 2.07 bits per heavy atom. The van der Waals surface area contributed by atoms with Gasteiger partial charge in [0.2, 0.25) is 0 Å². The van der Waals surface area contributed by atoms with Crippen molar-refractivity contribution in [3.63, 3.8) is 0 Å².